The molecule has 1 N–H and O–H groups in total. The predicted molar refractivity (Wildman–Crippen MR) is 93.6 cm³/mol. The van der Waals surface area contributed by atoms with E-state index in [2.05, 4.69) is 15.9 Å². The molecule has 9 heteroatoms. The first-order valence-electron chi connectivity index (χ1n) is 6.89. The molecule has 6 nitrogen and oxygen atoms in total. The SMILES string of the molecule is COc1cc(Br)c(F)cc1-n1c(=O)ccc2cc(S(=O)(=O)O)ccc21. The van der Waals surface area contributed by atoms with Crippen LogP contribution in [0, 0.1) is 5.82 Å². The van der Waals surface area contributed by atoms with Crippen LogP contribution >= 0.6 is 15.9 Å². The largest absolute Gasteiger partial charge is 0.495 e. The van der Waals surface area contributed by atoms with Gasteiger partial charge >= 0.3 is 0 Å². The molecule has 25 heavy (non-hydrogen) atoms. The van der Waals surface area contributed by atoms with E-state index in [1.165, 1.54) is 42.0 Å². The molecule has 0 saturated carbocycles. The molecule has 0 radical (unpaired) electrons. The minimum atomic E-state index is -4.39. The molecule has 0 aliphatic carbocycles. The smallest absolute Gasteiger partial charge is 0.294 e. The van der Waals surface area contributed by atoms with Crippen LogP contribution in [0.1, 0.15) is 0 Å². The van der Waals surface area contributed by atoms with E-state index in [9.17, 15) is 17.6 Å². The standard InChI is InChI=1S/C16H11BrFNO5S/c1-24-15-7-11(17)12(18)8-14(15)19-13-4-3-10(25(21,22)23)6-9(13)2-5-16(19)20/h2-8H,1H3,(H,21,22,23). The summed E-state index contributed by atoms with van der Waals surface area (Å²) in [5.74, 6) is -0.337. The van der Waals surface area contributed by atoms with Gasteiger partial charge in [0.2, 0.25) is 0 Å². The van der Waals surface area contributed by atoms with Gasteiger partial charge in [-0.3, -0.25) is 13.9 Å². The number of ether oxygens (including phenoxy) is 1. The predicted octanol–water partition coefficient (Wildman–Crippen LogP) is 3.15. The molecule has 130 valence electrons. The van der Waals surface area contributed by atoms with Gasteiger partial charge in [-0.25, -0.2) is 4.39 Å². The van der Waals surface area contributed by atoms with E-state index < -0.39 is 21.5 Å². The third-order valence-corrected chi connectivity index (χ3v) is 5.08. The summed E-state index contributed by atoms with van der Waals surface area (Å²) >= 11 is 3.06. The Morgan fingerprint density at radius 2 is 1.88 bits per heavy atom. The third kappa shape index (κ3) is 3.17. The Kier molecular flexibility index (Phi) is 4.40. The first-order chi connectivity index (χ1) is 11.7. The fourth-order valence-electron chi connectivity index (χ4n) is 2.49. The van der Waals surface area contributed by atoms with Crippen LogP contribution in [0.2, 0.25) is 0 Å². The fraction of sp³-hybridized carbons (Fsp3) is 0.0625. The number of nitrogens with zero attached hydrogens (tertiary/aromatic N) is 1. The number of hydrogen-bond acceptors (Lipinski definition) is 4. The van der Waals surface area contributed by atoms with E-state index in [-0.39, 0.29) is 20.8 Å². The van der Waals surface area contributed by atoms with Gasteiger partial charge in [-0.1, -0.05) is 0 Å². The summed E-state index contributed by atoms with van der Waals surface area (Å²) in [5.41, 5.74) is 0.0467. The van der Waals surface area contributed by atoms with Crippen LogP contribution in [0.25, 0.3) is 16.6 Å². The molecule has 1 heterocycles. The first kappa shape index (κ1) is 17.6. The van der Waals surface area contributed by atoms with Gasteiger partial charge in [0.15, 0.2) is 0 Å². The van der Waals surface area contributed by atoms with Crippen molar-refractivity contribution in [2.75, 3.05) is 7.11 Å². The Labute approximate surface area is 150 Å². The zero-order chi connectivity index (χ0) is 18.4. The highest BCUT2D eigenvalue weighted by molar-refractivity contribution is 9.10. The number of rotatable bonds is 3. The zero-order valence-electron chi connectivity index (χ0n) is 12.7. The second kappa shape index (κ2) is 6.25. The summed E-state index contributed by atoms with van der Waals surface area (Å²) in [6.07, 6.45) is 0. The van der Waals surface area contributed by atoms with Gasteiger partial charge in [0.25, 0.3) is 15.7 Å². The van der Waals surface area contributed by atoms with Crippen LogP contribution in [0.15, 0.2) is 56.6 Å². The van der Waals surface area contributed by atoms with Crippen LogP contribution in [0.5, 0.6) is 5.75 Å². The van der Waals surface area contributed by atoms with E-state index >= 15 is 0 Å². The maximum absolute atomic E-state index is 14.0. The van der Waals surface area contributed by atoms with Crippen molar-refractivity contribution in [3.8, 4) is 11.4 Å². The average molecular weight is 428 g/mol. The maximum atomic E-state index is 14.0. The maximum Gasteiger partial charge on any atom is 0.294 e. The van der Waals surface area contributed by atoms with E-state index in [0.29, 0.717) is 10.9 Å². The molecule has 0 atom stereocenters. The average Bonchev–Trinajstić information content (AvgIpc) is 2.56. The third-order valence-electron chi connectivity index (χ3n) is 3.63. The minimum Gasteiger partial charge on any atom is -0.495 e. The fourth-order valence-corrected chi connectivity index (χ4v) is 3.33. The number of pyridine rings is 1. The molecule has 0 spiro atoms. The van der Waals surface area contributed by atoms with Crippen LogP contribution in [-0.4, -0.2) is 24.6 Å². The van der Waals surface area contributed by atoms with Gasteiger partial charge in [0.05, 0.1) is 27.7 Å². The Hall–Kier alpha value is -2.23. The molecule has 0 fully saturated rings. The topological polar surface area (TPSA) is 85.6 Å². The lowest BCUT2D eigenvalue weighted by atomic mass is 10.2. The highest BCUT2D eigenvalue weighted by Crippen LogP contribution is 2.31. The number of methoxy groups -OCH3 is 1. The van der Waals surface area contributed by atoms with Gasteiger partial charge in [-0.15, -0.1) is 0 Å². The molecule has 2 aromatic carbocycles. The van der Waals surface area contributed by atoms with Crippen LogP contribution < -0.4 is 10.3 Å². The number of benzene rings is 2. The van der Waals surface area contributed by atoms with E-state index in [4.69, 9.17) is 9.29 Å². The van der Waals surface area contributed by atoms with E-state index in [0.717, 1.165) is 12.1 Å². The molecule has 0 bridgehead atoms. The van der Waals surface area contributed by atoms with Crippen molar-refractivity contribution in [2.24, 2.45) is 0 Å². The lowest BCUT2D eigenvalue weighted by Crippen LogP contribution is -2.18. The van der Waals surface area contributed by atoms with Crippen molar-refractivity contribution >= 4 is 37.0 Å². The molecule has 0 aliphatic rings. The van der Waals surface area contributed by atoms with Gasteiger partial charge in [0.1, 0.15) is 11.6 Å². The lowest BCUT2D eigenvalue weighted by Gasteiger charge is -2.15. The summed E-state index contributed by atoms with van der Waals surface area (Å²) < 4.78 is 52.4. The Morgan fingerprint density at radius 3 is 2.52 bits per heavy atom. The van der Waals surface area contributed by atoms with Gasteiger partial charge in [0, 0.05) is 17.5 Å². The minimum absolute atomic E-state index is 0.165. The summed E-state index contributed by atoms with van der Waals surface area (Å²) in [7, 11) is -3.00. The van der Waals surface area contributed by atoms with Crippen LogP contribution in [0.4, 0.5) is 4.39 Å². The second-order valence-electron chi connectivity index (χ2n) is 5.14. The number of halogens is 2. The lowest BCUT2D eigenvalue weighted by molar-refractivity contribution is 0.411. The van der Waals surface area contributed by atoms with Crippen LogP contribution in [0.3, 0.4) is 0 Å². The van der Waals surface area contributed by atoms with E-state index in [1.54, 1.807) is 0 Å². The van der Waals surface area contributed by atoms with Crippen molar-refractivity contribution in [1.82, 2.24) is 4.57 Å². The van der Waals surface area contributed by atoms with Crippen molar-refractivity contribution in [1.29, 1.82) is 0 Å². The monoisotopic (exact) mass is 427 g/mol. The number of hydrogen-bond donors (Lipinski definition) is 1. The van der Waals surface area contributed by atoms with Crippen molar-refractivity contribution in [2.45, 2.75) is 4.90 Å². The molecule has 0 amide bonds. The molecular weight excluding hydrogens is 417 g/mol. The molecule has 0 saturated heterocycles. The number of fused-ring (bicyclic) bond motifs is 1. The normalized spacial score (nSPS) is 11.7. The Morgan fingerprint density at radius 1 is 1.16 bits per heavy atom. The first-order valence-corrected chi connectivity index (χ1v) is 9.12. The molecule has 0 aliphatic heterocycles. The highest BCUT2D eigenvalue weighted by atomic mass is 79.9. The molecule has 3 rings (SSSR count). The van der Waals surface area contributed by atoms with Crippen molar-refractivity contribution < 1.29 is 22.1 Å². The van der Waals surface area contributed by atoms with Crippen molar-refractivity contribution in [3.05, 3.63) is 63.1 Å². The highest BCUT2D eigenvalue weighted by Gasteiger charge is 2.16. The summed E-state index contributed by atoms with van der Waals surface area (Å²) in [4.78, 5) is 12.1. The van der Waals surface area contributed by atoms with Crippen molar-refractivity contribution in [3.63, 3.8) is 0 Å². The summed E-state index contributed by atoms with van der Waals surface area (Å²) in [6, 6.07) is 8.92. The quantitative estimate of drug-likeness (QED) is 0.648. The number of aromatic nitrogens is 1. The summed E-state index contributed by atoms with van der Waals surface area (Å²) in [5, 5.41) is 0.375. The Balaban J connectivity index is 2.39. The van der Waals surface area contributed by atoms with Gasteiger partial charge in [-0.2, -0.15) is 8.42 Å². The second-order valence-corrected chi connectivity index (χ2v) is 7.42. The Bertz CT molecular complexity index is 1160. The van der Waals surface area contributed by atoms with Crippen LogP contribution in [-0.2, 0) is 10.1 Å². The molecule has 3 aromatic rings. The van der Waals surface area contributed by atoms with Gasteiger partial charge < -0.3 is 4.74 Å². The molecule has 0 unspecified atom stereocenters. The summed E-state index contributed by atoms with van der Waals surface area (Å²) in [6.45, 7) is 0. The molecule has 1 aromatic heterocycles. The van der Waals surface area contributed by atoms with E-state index in [1.807, 2.05) is 0 Å². The molecular formula is C16H11BrFNO5S. The van der Waals surface area contributed by atoms with Gasteiger partial charge in [-0.05, 0) is 46.3 Å². The zero-order valence-corrected chi connectivity index (χ0v) is 15.1.